The minimum atomic E-state index is -3.86. The fraction of sp³-hybridized carbons (Fsp3) is 0.235. The Bertz CT molecular complexity index is 845. The minimum Gasteiger partial charge on any atom is -0.309 e. The van der Waals surface area contributed by atoms with Crippen LogP contribution in [0.15, 0.2) is 47.4 Å². The van der Waals surface area contributed by atoms with Gasteiger partial charge in [0.1, 0.15) is 0 Å². The maximum atomic E-state index is 12.8. The summed E-state index contributed by atoms with van der Waals surface area (Å²) in [5.74, 6) is -0.258. The number of carbonyl (C=O) groups excluding carboxylic acids is 1. The van der Waals surface area contributed by atoms with Gasteiger partial charge >= 0.3 is 0 Å². The van der Waals surface area contributed by atoms with Crippen LogP contribution in [0.5, 0.6) is 0 Å². The number of sulfonamides is 1. The third kappa shape index (κ3) is 3.97. The quantitative estimate of drug-likeness (QED) is 0.934. The van der Waals surface area contributed by atoms with Gasteiger partial charge in [-0.1, -0.05) is 12.1 Å². The molecule has 0 aliphatic heterocycles. The van der Waals surface area contributed by atoms with Crippen LogP contribution in [-0.4, -0.2) is 20.9 Å². The molecule has 1 amide bonds. The highest BCUT2D eigenvalue weighted by Crippen LogP contribution is 2.21. The third-order valence-corrected chi connectivity index (χ3v) is 4.39. The molecule has 6 heteroatoms. The zero-order chi connectivity index (χ0) is 17.2. The number of hydrogen-bond acceptors (Lipinski definition) is 3. The number of hydrogen-bond donors (Lipinski definition) is 1. The molecular weight excluding hydrogens is 312 g/mol. The van der Waals surface area contributed by atoms with Crippen molar-refractivity contribution in [2.75, 3.05) is 11.4 Å². The molecule has 0 saturated carbocycles. The maximum Gasteiger partial charge on any atom is 0.258 e. The largest absolute Gasteiger partial charge is 0.309 e. The number of primary sulfonamides is 1. The van der Waals surface area contributed by atoms with Crippen molar-refractivity contribution in [2.45, 2.75) is 25.7 Å². The summed E-state index contributed by atoms with van der Waals surface area (Å²) in [7, 11) is -3.86. The molecule has 23 heavy (non-hydrogen) atoms. The molecule has 2 aromatic carbocycles. The monoisotopic (exact) mass is 332 g/mol. The second-order valence-corrected chi connectivity index (χ2v) is 7.03. The smallest absolute Gasteiger partial charge is 0.258 e. The summed E-state index contributed by atoms with van der Waals surface area (Å²) in [5, 5.41) is 5.18. The van der Waals surface area contributed by atoms with E-state index in [1.807, 2.05) is 38.1 Å². The predicted octanol–water partition coefficient (Wildman–Crippen LogP) is 2.62. The lowest BCUT2D eigenvalue weighted by Crippen LogP contribution is -2.31. The third-order valence-electron chi connectivity index (χ3n) is 3.50. The molecule has 2 aromatic rings. The van der Waals surface area contributed by atoms with Crippen molar-refractivity contribution in [2.24, 2.45) is 5.14 Å². The van der Waals surface area contributed by atoms with Crippen LogP contribution < -0.4 is 10.0 Å². The van der Waals surface area contributed by atoms with Gasteiger partial charge in [0.15, 0.2) is 0 Å². The van der Waals surface area contributed by atoms with Crippen LogP contribution in [-0.2, 0) is 10.0 Å². The summed E-state index contributed by atoms with van der Waals surface area (Å²) in [4.78, 5) is 14.4. The van der Waals surface area contributed by atoms with E-state index in [-0.39, 0.29) is 10.8 Å². The van der Waals surface area contributed by atoms with Gasteiger partial charge in [0.25, 0.3) is 5.91 Å². The van der Waals surface area contributed by atoms with Crippen LogP contribution in [0.25, 0.3) is 0 Å². The maximum absolute atomic E-state index is 12.8. The number of nitrogens with zero attached hydrogens (tertiary/aromatic N) is 1. The summed E-state index contributed by atoms with van der Waals surface area (Å²) in [6.07, 6.45) is 0. The Kier molecular flexibility index (Phi) is 4.87. The number of aryl methyl sites for hydroxylation is 2. The molecule has 0 fully saturated rings. The van der Waals surface area contributed by atoms with Crippen molar-refractivity contribution in [1.29, 1.82) is 0 Å². The van der Waals surface area contributed by atoms with Gasteiger partial charge in [-0.05, 0) is 62.2 Å². The molecular formula is C17H20N2O3S. The van der Waals surface area contributed by atoms with Crippen LogP contribution in [0.3, 0.4) is 0 Å². The van der Waals surface area contributed by atoms with E-state index < -0.39 is 10.0 Å². The lowest BCUT2D eigenvalue weighted by Gasteiger charge is -2.22. The van der Waals surface area contributed by atoms with Crippen LogP contribution in [0.1, 0.15) is 28.4 Å². The Morgan fingerprint density at radius 1 is 1.09 bits per heavy atom. The van der Waals surface area contributed by atoms with E-state index in [0.29, 0.717) is 17.7 Å². The van der Waals surface area contributed by atoms with Crippen LogP contribution >= 0.6 is 0 Å². The molecule has 0 bridgehead atoms. The van der Waals surface area contributed by atoms with Gasteiger partial charge in [-0.3, -0.25) is 4.79 Å². The van der Waals surface area contributed by atoms with Gasteiger partial charge < -0.3 is 4.90 Å². The Morgan fingerprint density at radius 2 is 1.78 bits per heavy atom. The van der Waals surface area contributed by atoms with Crippen LogP contribution in [0, 0.1) is 13.8 Å². The Hall–Kier alpha value is -2.18. The van der Waals surface area contributed by atoms with Crippen molar-refractivity contribution < 1.29 is 13.2 Å². The van der Waals surface area contributed by atoms with E-state index in [2.05, 4.69) is 0 Å². The molecule has 0 unspecified atom stereocenters. The van der Waals surface area contributed by atoms with Crippen molar-refractivity contribution in [3.63, 3.8) is 0 Å². The highest BCUT2D eigenvalue weighted by Gasteiger charge is 2.19. The van der Waals surface area contributed by atoms with Crippen molar-refractivity contribution in [3.8, 4) is 0 Å². The van der Waals surface area contributed by atoms with E-state index in [4.69, 9.17) is 5.14 Å². The van der Waals surface area contributed by atoms with Crippen molar-refractivity contribution >= 4 is 21.6 Å². The van der Waals surface area contributed by atoms with Gasteiger partial charge in [0.2, 0.25) is 10.0 Å². The van der Waals surface area contributed by atoms with Crippen molar-refractivity contribution in [1.82, 2.24) is 0 Å². The highest BCUT2D eigenvalue weighted by atomic mass is 32.2. The molecule has 0 spiro atoms. The first-order chi connectivity index (χ1) is 10.7. The van der Waals surface area contributed by atoms with Crippen molar-refractivity contribution in [3.05, 3.63) is 59.2 Å². The summed E-state index contributed by atoms with van der Waals surface area (Å²) < 4.78 is 23.1. The number of benzene rings is 2. The fourth-order valence-electron chi connectivity index (χ4n) is 2.43. The molecule has 122 valence electrons. The molecule has 0 radical (unpaired) electrons. The Labute approximate surface area is 136 Å². The predicted molar refractivity (Wildman–Crippen MR) is 91.1 cm³/mol. The highest BCUT2D eigenvalue weighted by molar-refractivity contribution is 7.89. The van der Waals surface area contributed by atoms with E-state index in [0.717, 1.165) is 11.3 Å². The Morgan fingerprint density at radius 3 is 2.35 bits per heavy atom. The normalized spacial score (nSPS) is 11.3. The second kappa shape index (κ2) is 6.52. The first kappa shape index (κ1) is 17.2. The first-order valence-electron chi connectivity index (χ1n) is 7.25. The lowest BCUT2D eigenvalue weighted by atomic mass is 10.1. The molecule has 5 nitrogen and oxygen atoms in total. The number of carbonyl (C=O) groups is 1. The molecule has 0 aliphatic carbocycles. The molecule has 2 N–H and O–H groups in total. The number of amides is 1. The zero-order valence-electron chi connectivity index (χ0n) is 13.4. The zero-order valence-corrected chi connectivity index (χ0v) is 14.2. The molecule has 0 aliphatic rings. The lowest BCUT2D eigenvalue weighted by molar-refractivity contribution is 0.0988. The molecule has 0 heterocycles. The van der Waals surface area contributed by atoms with Crippen LogP contribution in [0.2, 0.25) is 0 Å². The molecule has 0 saturated heterocycles. The topological polar surface area (TPSA) is 80.5 Å². The standard InChI is InChI=1S/C17H20N2O3S/c1-4-19(15-7-5-6-12(2)9-15)17(20)14-8-13(3)10-16(11-14)23(18,21)22/h5-11H,4H2,1-3H3,(H2,18,21,22). The summed E-state index contributed by atoms with van der Waals surface area (Å²) in [6.45, 7) is 6.03. The fourth-order valence-corrected chi connectivity index (χ4v) is 3.07. The van der Waals surface area contributed by atoms with E-state index in [9.17, 15) is 13.2 Å². The van der Waals surface area contributed by atoms with Gasteiger partial charge in [-0.25, -0.2) is 13.6 Å². The SMILES string of the molecule is CCN(C(=O)c1cc(C)cc(S(N)(=O)=O)c1)c1cccc(C)c1. The average Bonchev–Trinajstić information content (AvgIpc) is 2.46. The van der Waals surface area contributed by atoms with E-state index in [1.54, 1.807) is 17.9 Å². The Balaban J connectivity index is 2.48. The molecule has 0 aromatic heterocycles. The van der Waals surface area contributed by atoms with Gasteiger partial charge in [-0.2, -0.15) is 0 Å². The number of anilines is 1. The van der Waals surface area contributed by atoms with E-state index in [1.165, 1.54) is 12.1 Å². The first-order valence-corrected chi connectivity index (χ1v) is 8.80. The summed E-state index contributed by atoms with van der Waals surface area (Å²) in [5.41, 5.74) is 2.79. The number of nitrogens with two attached hydrogens (primary N) is 1. The van der Waals surface area contributed by atoms with E-state index >= 15 is 0 Å². The molecule has 2 rings (SSSR count). The minimum absolute atomic E-state index is 0.0545. The number of rotatable bonds is 4. The summed E-state index contributed by atoms with van der Waals surface area (Å²) in [6, 6.07) is 12.0. The van der Waals surface area contributed by atoms with Gasteiger partial charge in [-0.15, -0.1) is 0 Å². The van der Waals surface area contributed by atoms with Gasteiger partial charge in [0, 0.05) is 17.8 Å². The second-order valence-electron chi connectivity index (χ2n) is 5.47. The summed E-state index contributed by atoms with van der Waals surface area (Å²) >= 11 is 0. The average molecular weight is 332 g/mol. The van der Waals surface area contributed by atoms with Crippen LogP contribution in [0.4, 0.5) is 5.69 Å². The molecule has 0 atom stereocenters. The van der Waals surface area contributed by atoms with Gasteiger partial charge in [0.05, 0.1) is 4.90 Å².